The molecule has 6 heteroatoms. The Morgan fingerprint density at radius 3 is 3.25 bits per heavy atom. The van der Waals surface area contributed by atoms with Crippen LogP contribution >= 0.6 is 11.3 Å². The summed E-state index contributed by atoms with van der Waals surface area (Å²) >= 11 is 1.76. The lowest BCUT2D eigenvalue weighted by Crippen LogP contribution is -2.21. The van der Waals surface area contributed by atoms with Crippen LogP contribution in [0.5, 0.6) is 0 Å². The molecule has 3 heterocycles. The number of thiazole rings is 1. The second-order valence-corrected chi connectivity index (χ2v) is 6.12. The summed E-state index contributed by atoms with van der Waals surface area (Å²) in [5.41, 5.74) is 2.45. The minimum absolute atomic E-state index is 0.273. The molecule has 0 saturated heterocycles. The van der Waals surface area contributed by atoms with E-state index in [1.54, 1.807) is 11.3 Å². The van der Waals surface area contributed by atoms with Gasteiger partial charge in [-0.15, -0.1) is 11.3 Å². The molecule has 5 nitrogen and oxygen atoms in total. The number of nitrogens with zero attached hydrogens (tertiary/aromatic N) is 3. The number of nitrogens with one attached hydrogen (secondary N) is 1. The van der Waals surface area contributed by atoms with Gasteiger partial charge in [-0.2, -0.15) is 5.10 Å². The summed E-state index contributed by atoms with van der Waals surface area (Å²) in [5, 5.41) is 8.99. The summed E-state index contributed by atoms with van der Waals surface area (Å²) in [6, 6.07) is 2.34. The molecule has 0 bridgehead atoms. The average Bonchev–Trinajstić information content (AvgIpc) is 3.10. The van der Waals surface area contributed by atoms with Gasteiger partial charge >= 0.3 is 0 Å². The first-order valence-corrected chi connectivity index (χ1v) is 7.90. The van der Waals surface area contributed by atoms with E-state index in [1.165, 1.54) is 16.3 Å². The molecule has 3 rings (SSSR count). The standard InChI is InChI=1S/C14H20N4OS/c1-3-18-12(4-6-16-18)10(2)15-8-14-17-11-5-7-19-9-13(11)20-14/h4,6,10,15H,3,5,7-9H2,1-2H3. The van der Waals surface area contributed by atoms with Crippen LogP contribution in [0.2, 0.25) is 0 Å². The first kappa shape index (κ1) is 13.7. The highest BCUT2D eigenvalue weighted by atomic mass is 32.1. The van der Waals surface area contributed by atoms with Crippen LogP contribution < -0.4 is 5.32 Å². The third-order valence-corrected chi connectivity index (χ3v) is 4.66. The zero-order chi connectivity index (χ0) is 13.9. The van der Waals surface area contributed by atoms with E-state index in [4.69, 9.17) is 9.72 Å². The van der Waals surface area contributed by atoms with Gasteiger partial charge in [-0.05, 0) is 19.9 Å². The number of aryl methyl sites for hydroxylation is 1. The lowest BCUT2D eigenvalue weighted by Gasteiger charge is -2.14. The molecule has 20 heavy (non-hydrogen) atoms. The Morgan fingerprint density at radius 1 is 1.55 bits per heavy atom. The van der Waals surface area contributed by atoms with Gasteiger partial charge < -0.3 is 10.1 Å². The third-order valence-electron chi connectivity index (χ3n) is 3.59. The minimum Gasteiger partial charge on any atom is -0.375 e. The summed E-state index contributed by atoms with van der Waals surface area (Å²) < 4.78 is 7.49. The van der Waals surface area contributed by atoms with Crippen LogP contribution in [-0.4, -0.2) is 21.4 Å². The van der Waals surface area contributed by atoms with E-state index in [0.717, 1.165) is 37.7 Å². The van der Waals surface area contributed by atoms with Gasteiger partial charge in [0.05, 0.1) is 29.5 Å². The van der Waals surface area contributed by atoms with Gasteiger partial charge in [0.15, 0.2) is 0 Å². The van der Waals surface area contributed by atoms with Crippen molar-refractivity contribution in [2.45, 2.75) is 46.0 Å². The maximum atomic E-state index is 5.46. The quantitative estimate of drug-likeness (QED) is 0.918. The fourth-order valence-corrected chi connectivity index (χ4v) is 3.48. The zero-order valence-electron chi connectivity index (χ0n) is 11.9. The Hall–Kier alpha value is -1.24. The van der Waals surface area contributed by atoms with Gasteiger partial charge in [-0.1, -0.05) is 0 Å². The van der Waals surface area contributed by atoms with Crippen molar-refractivity contribution in [1.82, 2.24) is 20.1 Å². The monoisotopic (exact) mass is 292 g/mol. The van der Waals surface area contributed by atoms with E-state index in [2.05, 4.69) is 30.3 Å². The molecule has 0 fully saturated rings. The highest BCUT2D eigenvalue weighted by Gasteiger charge is 2.16. The van der Waals surface area contributed by atoms with E-state index < -0.39 is 0 Å². The van der Waals surface area contributed by atoms with Crippen molar-refractivity contribution in [2.24, 2.45) is 0 Å². The van der Waals surface area contributed by atoms with Crippen molar-refractivity contribution in [2.75, 3.05) is 6.61 Å². The molecule has 1 aliphatic rings. The molecule has 1 atom stereocenters. The van der Waals surface area contributed by atoms with Crippen LogP contribution in [0.25, 0.3) is 0 Å². The summed E-state index contributed by atoms with van der Waals surface area (Å²) in [7, 11) is 0. The van der Waals surface area contributed by atoms with Crippen molar-refractivity contribution in [3.63, 3.8) is 0 Å². The van der Waals surface area contributed by atoms with Crippen LogP contribution in [0, 0.1) is 0 Å². The first-order chi connectivity index (χ1) is 9.78. The molecule has 0 aromatic carbocycles. The molecule has 1 N–H and O–H groups in total. The summed E-state index contributed by atoms with van der Waals surface area (Å²) in [6.45, 7) is 7.50. The average molecular weight is 292 g/mol. The predicted octanol–water partition coefficient (Wildman–Crippen LogP) is 2.28. The summed E-state index contributed by atoms with van der Waals surface area (Å²) in [4.78, 5) is 5.99. The highest BCUT2D eigenvalue weighted by Crippen LogP contribution is 2.24. The van der Waals surface area contributed by atoms with Gasteiger partial charge in [0, 0.05) is 31.7 Å². The van der Waals surface area contributed by atoms with Crippen molar-refractivity contribution in [3.8, 4) is 0 Å². The van der Waals surface area contributed by atoms with Gasteiger partial charge in [0.2, 0.25) is 0 Å². The zero-order valence-corrected chi connectivity index (χ0v) is 12.7. The van der Waals surface area contributed by atoms with Crippen LogP contribution in [0.1, 0.15) is 41.2 Å². The predicted molar refractivity (Wildman–Crippen MR) is 78.6 cm³/mol. The molecular formula is C14H20N4OS. The molecular weight excluding hydrogens is 272 g/mol. The molecule has 1 unspecified atom stereocenters. The van der Waals surface area contributed by atoms with Crippen LogP contribution in [0.3, 0.4) is 0 Å². The van der Waals surface area contributed by atoms with Gasteiger partial charge in [-0.25, -0.2) is 4.98 Å². The number of rotatable bonds is 5. The third kappa shape index (κ3) is 2.77. The Morgan fingerprint density at radius 2 is 2.45 bits per heavy atom. The molecule has 2 aromatic heterocycles. The fourth-order valence-electron chi connectivity index (χ4n) is 2.47. The maximum Gasteiger partial charge on any atom is 0.107 e. The second-order valence-electron chi connectivity index (χ2n) is 4.95. The SMILES string of the molecule is CCn1nccc1C(C)NCc1nc2c(s1)COCC2. The summed E-state index contributed by atoms with van der Waals surface area (Å²) in [6.07, 6.45) is 2.81. The highest BCUT2D eigenvalue weighted by molar-refractivity contribution is 7.11. The number of hydrogen-bond donors (Lipinski definition) is 1. The van der Waals surface area contributed by atoms with Crippen molar-refractivity contribution < 1.29 is 4.74 Å². The lowest BCUT2D eigenvalue weighted by molar-refractivity contribution is 0.112. The van der Waals surface area contributed by atoms with Crippen molar-refractivity contribution >= 4 is 11.3 Å². The van der Waals surface area contributed by atoms with Crippen LogP contribution in [0.15, 0.2) is 12.3 Å². The van der Waals surface area contributed by atoms with E-state index in [9.17, 15) is 0 Å². The van der Waals surface area contributed by atoms with E-state index >= 15 is 0 Å². The van der Waals surface area contributed by atoms with E-state index in [-0.39, 0.29) is 6.04 Å². The first-order valence-electron chi connectivity index (χ1n) is 7.08. The molecule has 0 saturated carbocycles. The number of fused-ring (bicyclic) bond motifs is 1. The molecule has 108 valence electrons. The van der Waals surface area contributed by atoms with E-state index in [1.807, 2.05) is 10.9 Å². The smallest absolute Gasteiger partial charge is 0.107 e. The Kier molecular flexibility index (Phi) is 4.14. The largest absolute Gasteiger partial charge is 0.375 e. The second kappa shape index (κ2) is 6.03. The lowest BCUT2D eigenvalue weighted by atomic mass is 10.2. The Bertz CT molecular complexity index is 554. The minimum atomic E-state index is 0.273. The normalized spacial score (nSPS) is 16.1. The number of aromatic nitrogens is 3. The van der Waals surface area contributed by atoms with Gasteiger partial charge in [0.25, 0.3) is 0 Å². The molecule has 0 radical (unpaired) electrons. The molecule has 0 amide bonds. The molecule has 0 aliphatic carbocycles. The van der Waals surface area contributed by atoms with Gasteiger partial charge in [-0.3, -0.25) is 4.68 Å². The van der Waals surface area contributed by atoms with Crippen LogP contribution in [-0.2, 0) is 30.9 Å². The van der Waals surface area contributed by atoms with Gasteiger partial charge in [0.1, 0.15) is 5.01 Å². The summed E-state index contributed by atoms with van der Waals surface area (Å²) in [5.74, 6) is 0. The Balaban J connectivity index is 1.63. The molecule has 1 aliphatic heterocycles. The molecule has 0 spiro atoms. The number of ether oxygens (including phenoxy) is 1. The fraction of sp³-hybridized carbons (Fsp3) is 0.571. The maximum absolute atomic E-state index is 5.46. The van der Waals surface area contributed by atoms with Crippen LogP contribution in [0.4, 0.5) is 0 Å². The van der Waals surface area contributed by atoms with Crippen molar-refractivity contribution in [3.05, 3.63) is 33.5 Å². The van der Waals surface area contributed by atoms with E-state index in [0.29, 0.717) is 0 Å². The number of hydrogen-bond acceptors (Lipinski definition) is 5. The topological polar surface area (TPSA) is 52.0 Å². The van der Waals surface area contributed by atoms with Crippen molar-refractivity contribution in [1.29, 1.82) is 0 Å². The molecule has 2 aromatic rings. The Labute approximate surface area is 123 Å².